The number of aryl methyl sites for hydroxylation is 1. The Kier molecular flexibility index (Phi) is 2.95. The summed E-state index contributed by atoms with van der Waals surface area (Å²) < 4.78 is 1.90. The molecule has 0 aliphatic rings. The van der Waals surface area contributed by atoms with Gasteiger partial charge in [0.15, 0.2) is 0 Å². The second-order valence-corrected chi connectivity index (χ2v) is 4.06. The van der Waals surface area contributed by atoms with E-state index >= 15 is 0 Å². The topological polar surface area (TPSA) is 51.1 Å². The second-order valence-electron chi connectivity index (χ2n) is 4.06. The number of carbonyl (C=O) groups is 2. The highest BCUT2D eigenvalue weighted by Gasteiger charge is 2.13. The average molecular weight is 230 g/mol. The maximum atomic E-state index is 11.9. The molecule has 1 aromatic heterocycles. The zero-order valence-electron chi connectivity index (χ0n) is 9.86. The molecule has 1 N–H and O–H groups in total. The Balaban J connectivity index is 2.35. The highest BCUT2D eigenvalue weighted by molar-refractivity contribution is 6.07. The van der Waals surface area contributed by atoms with Gasteiger partial charge >= 0.3 is 0 Å². The minimum atomic E-state index is -0.211. The van der Waals surface area contributed by atoms with Crippen LogP contribution < -0.4 is 5.32 Å². The van der Waals surface area contributed by atoms with Gasteiger partial charge in [-0.15, -0.1) is 0 Å². The van der Waals surface area contributed by atoms with Crippen LogP contribution in [-0.4, -0.2) is 22.8 Å². The third kappa shape index (κ3) is 2.20. The summed E-state index contributed by atoms with van der Waals surface area (Å²) in [7, 11) is 1.89. The first-order chi connectivity index (χ1) is 8.09. The lowest BCUT2D eigenvalue weighted by atomic mass is 10.1. The van der Waals surface area contributed by atoms with Crippen molar-refractivity contribution in [2.24, 2.45) is 7.05 Å². The molecular formula is C13H14N2O2. The van der Waals surface area contributed by atoms with Gasteiger partial charge < -0.3 is 9.88 Å². The van der Waals surface area contributed by atoms with Crippen molar-refractivity contribution in [1.29, 1.82) is 0 Å². The molecule has 4 heteroatoms. The fourth-order valence-electron chi connectivity index (χ4n) is 1.82. The number of hydrogen-bond donors (Lipinski definition) is 1. The van der Waals surface area contributed by atoms with Gasteiger partial charge in [-0.05, 0) is 13.0 Å². The number of fused-ring (bicyclic) bond motifs is 1. The van der Waals surface area contributed by atoms with Gasteiger partial charge in [0.2, 0.25) is 0 Å². The minimum Gasteiger partial charge on any atom is -0.350 e. The van der Waals surface area contributed by atoms with E-state index in [9.17, 15) is 9.59 Å². The van der Waals surface area contributed by atoms with Gasteiger partial charge in [-0.3, -0.25) is 9.59 Å². The summed E-state index contributed by atoms with van der Waals surface area (Å²) in [4.78, 5) is 22.7. The van der Waals surface area contributed by atoms with Crippen molar-refractivity contribution in [3.8, 4) is 0 Å². The van der Waals surface area contributed by atoms with Crippen LogP contribution >= 0.6 is 0 Å². The summed E-state index contributed by atoms with van der Waals surface area (Å²) in [6, 6.07) is 7.68. The van der Waals surface area contributed by atoms with Crippen LogP contribution in [0, 0.1) is 0 Å². The number of benzene rings is 1. The number of amides is 1. The van der Waals surface area contributed by atoms with E-state index in [1.54, 1.807) is 6.20 Å². The molecule has 17 heavy (non-hydrogen) atoms. The molecule has 4 nitrogen and oxygen atoms in total. The van der Waals surface area contributed by atoms with Crippen molar-refractivity contribution in [3.05, 3.63) is 36.0 Å². The Bertz CT molecular complexity index is 584. The van der Waals surface area contributed by atoms with Crippen LogP contribution in [0.3, 0.4) is 0 Å². The van der Waals surface area contributed by atoms with Crippen molar-refractivity contribution < 1.29 is 9.59 Å². The molecule has 0 aliphatic heterocycles. The third-order valence-electron chi connectivity index (χ3n) is 2.64. The Morgan fingerprint density at radius 2 is 2.00 bits per heavy atom. The van der Waals surface area contributed by atoms with E-state index in [1.807, 2.05) is 35.9 Å². The van der Waals surface area contributed by atoms with E-state index in [4.69, 9.17) is 0 Å². The maximum Gasteiger partial charge on any atom is 0.253 e. The molecule has 2 aromatic rings. The summed E-state index contributed by atoms with van der Waals surface area (Å²) in [5.74, 6) is -0.268. The number of aromatic nitrogens is 1. The molecule has 2 rings (SSSR count). The van der Waals surface area contributed by atoms with Gasteiger partial charge in [-0.2, -0.15) is 0 Å². The first kappa shape index (κ1) is 11.4. The number of nitrogens with zero attached hydrogens (tertiary/aromatic N) is 1. The van der Waals surface area contributed by atoms with E-state index in [0.717, 1.165) is 10.9 Å². The number of para-hydroxylation sites is 1. The molecule has 1 heterocycles. The number of nitrogens with one attached hydrogen (secondary N) is 1. The number of carbonyl (C=O) groups excluding carboxylic acids is 2. The van der Waals surface area contributed by atoms with Crippen LogP contribution in [0.2, 0.25) is 0 Å². The predicted molar refractivity (Wildman–Crippen MR) is 65.9 cm³/mol. The van der Waals surface area contributed by atoms with Crippen molar-refractivity contribution >= 4 is 22.6 Å². The number of Topliss-reactive ketones (excluding diaryl/α,β-unsaturated/α-hetero) is 1. The molecule has 1 aromatic carbocycles. The van der Waals surface area contributed by atoms with Gasteiger partial charge in [0.05, 0.1) is 12.1 Å². The van der Waals surface area contributed by atoms with Crippen LogP contribution in [0.5, 0.6) is 0 Å². The standard InChI is InChI=1S/C13H14N2O2/c1-9(16)7-14-13(17)11-8-15(2)12-6-4-3-5-10(11)12/h3-6,8H,7H2,1-2H3,(H,14,17). The normalized spacial score (nSPS) is 10.5. The zero-order chi connectivity index (χ0) is 12.4. The van der Waals surface area contributed by atoms with Crippen LogP contribution in [0.1, 0.15) is 17.3 Å². The smallest absolute Gasteiger partial charge is 0.253 e. The molecule has 0 unspecified atom stereocenters. The number of ketones is 1. The fraction of sp³-hybridized carbons (Fsp3) is 0.231. The monoisotopic (exact) mass is 230 g/mol. The molecule has 0 saturated heterocycles. The molecule has 0 aliphatic carbocycles. The lowest BCUT2D eigenvalue weighted by Crippen LogP contribution is -2.28. The Morgan fingerprint density at radius 1 is 1.29 bits per heavy atom. The molecule has 88 valence electrons. The van der Waals surface area contributed by atoms with Crippen molar-refractivity contribution in [1.82, 2.24) is 9.88 Å². The fourth-order valence-corrected chi connectivity index (χ4v) is 1.82. The average Bonchev–Trinajstić information content (AvgIpc) is 2.65. The molecule has 0 atom stereocenters. The summed E-state index contributed by atoms with van der Waals surface area (Å²) in [6.45, 7) is 1.52. The molecule has 0 saturated carbocycles. The maximum absolute atomic E-state index is 11.9. The second kappa shape index (κ2) is 4.41. The van der Waals surface area contributed by atoms with E-state index in [0.29, 0.717) is 5.56 Å². The molecular weight excluding hydrogens is 216 g/mol. The van der Waals surface area contributed by atoms with Crippen LogP contribution in [0.4, 0.5) is 0 Å². The first-order valence-corrected chi connectivity index (χ1v) is 5.41. The highest BCUT2D eigenvalue weighted by Crippen LogP contribution is 2.19. The Morgan fingerprint density at radius 3 is 2.71 bits per heavy atom. The largest absolute Gasteiger partial charge is 0.350 e. The lowest BCUT2D eigenvalue weighted by Gasteiger charge is -2.00. The van der Waals surface area contributed by atoms with Gasteiger partial charge in [0.25, 0.3) is 5.91 Å². The SMILES string of the molecule is CC(=O)CNC(=O)c1cn(C)c2ccccc12. The van der Waals surface area contributed by atoms with E-state index in [1.165, 1.54) is 6.92 Å². The molecule has 0 spiro atoms. The lowest BCUT2D eigenvalue weighted by molar-refractivity contribution is -0.116. The minimum absolute atomic E-state index is 0.0569. The van der Waals surface area contributed by atoms with Gasteiger partial charge in [0, 0.05) is 24.1 Å². The van der Waals surface area contributed by atoms with Gasteiger partial charge in [-0.1, -0.05) is 18.2 Å². The number of rotatable bonds is 3. The zero-order valence-corrected chi connectivity index (χ0v) is 9.86. The Hall–Kier alpha value is -2.10. The van der Waals surface area contributed by atoms with Crippen molar-refractivity contribution in [2.45, 2.75) is 6.92 Å². The van der Waals surface area contributed by atoms with Gasteiger partial charge in [-0.25, -0.2) is 0 Å². The molecule has 0 fully saturated rings. The van der Waals surface area contributed by atoms with Crippen LogP contribution in [-0.2, 0) is 11.8 Å². The summed E-state index contributed by atoms with van der Waals surface area (Å²) in [5.41, 5.74) is 1.60. The van der Waals surface area contributed by atoms with E-state index < -0.39 is 0 Å². The molecule has 0 bridgehead atoms. The van der Waals surface area contributed by atoms with Crippen LogP contribution in [0.25, 0.3) is 10.9 Å². The number of hydrogen-bond acceptors (Lipinski definition) is 2. The quantitative estimate of drug-likeness (QED) is 0.868. The molecule has 1 amide bonds. The highest BCUT2D eigenvalue weighted by atomic mass is 16.2. The molecule has 0 radical (unpaired) electrons. The third-order valence-corrected chi connectivity index (χ3v) is 2.64. The first-order valence-electron chi connectivity index (χ1n) is 5.41. The van der Waals surface area contributed by atoms with Gasteiger partial charge in [0.1, 0.15) is 5.78 Å². The van der Waals surface area contributed by atoms with Crippen LogP contribution in [0.15, 0.2) is 30.5 Å². The van der Waals surface area contributed by atoms with E-state index in [2.05, 4.69) is 5.32 Å². The Labute approximate surface area is 99.2 Å². The van der Waals surface area contributed by atoms with Crippen molar-refractivity contribution in [2.75, 3.05) is 6.54 Å². The summed E-state index contributed by atoms with van der Waals surface area (Å²) >= 11 is 0. The van der Waals surface area contributed by atoms with Crippen molar-refractivity contribution in [3.63, 3.8) is 0 Å². The van der Waals surface area contributed by atoms with E-state index in [-0.39, 0.29) is 18.2 Å². The summed E-state index contributed by atoms with van der Waals surface area (Å²) in [6.07, 6.45) is 1.78. The summed E-state index contributed by atoms with van der Waals surface area (Å²) in [5, 5.41) is 3.50. The predicted octanol–water partition coefficient (Wildman–Crippen LogP) is 1.50.